The molecule has 126 valence electrons. The second kappa shape index (κ2) is 11.1. The molecule has 0 aromatic heterocycles. The molecule has 0 spiro atoms. The molecule has 0 aliphatic heterocycles. The van der Waals surface area contributed by atoms with E-state index < -0.39 is 5.97 Å². The monoisotopic (exact) mass is 312 g/mol. The minimum Gasteiger partial charge on any atom is -0.463 e. The largest absolute Gasteiger partial charge is 0.463 e. The van der Waals surface area contributed by atoms with Crippen LogP contribution in [0.25, 0.3) is 0 Å². The molecule has 0 radical (unpaired) electrons. The van der Waals surface area contributed by atoms with E-state index in [2.05, 4.69) is 11.9 Å². The average Bonchev–Trinajstić information content (AvgIpc) is 2.55. The maximum absolute atomic E-state index is 11.6. The van der Waals surface area contributed by atoms with Crippen molar-refractivity contribution >= 4 is 12.1 Å². The fraction of sp³-hybridized carbons (Fsp3) is 0.750. The van der Waals surface area contributed by atoms with Crippen molar-refractivity contribution in [2.45, 2.75) is 38.5 Å². The smallest absolute Gasteiger partial charge is 0.407 e. The van der Waals surface area contributed by atoms with Crippen molar-refractivity contribution in [3.8, 4) is 0 Å². The molecule has 1 aliphatic rings. The summed E-state index contributed by atoms with van der Waals surface area (Å²) in [4.78, 5) is 22.4. The van der Waals surface area contributed by atoms with Crippen LogP contribution in [-0.2, 0) is 14.3 Å². The number of hydrogen-bond donors (Lipinski definition) is 2. The third-order valence-corrected chi connectivity index (χ3v) is 3.94. The molecule has 2 unspecified atom stereocenters. The molecular weight excluding hydrogens is 284 g/mol. The SMILES string of the molecule is C=CC(=O)OCCCCOC(=O)NCC1CCCC(CN)C1. The molecule has 1 fully saturated rings. The Labute approximate surface area is 132 Å². The fourth-order valence-electron chi connectivity index (χ4n) is 2.68. The zero-order valence-electron chi connectivity index (χ0n) is 13.2. The second-order valence-electron chi connectivity index (χ2n) is 5.73. The van der Waals surface area contributed by atoms with Crippen LogP contribution in [0.3, 0.4) is 0 Å². The Morgan fingerprint density at radius 2 is 1.86 bits per heavy atom. The molecule has 0 aromatic carbocycles. The number of ether oxygens (including phenoxy) is 2. The minimum atomic E-state index is -0.429. The van der Waals surface area contributed by atoms with E-state index in [0.717, 1.165) is 25.5 Å². The molecule has 1 saturated carbocycles. The Morgan fingerprint density at radius 3 is 2.55 bits per heavy atom. The Morgan fingerprint density at radius 1 is 1.18 bits per heavy atom. The number of nitrogens with two attached hydrogens (primary N) is 1. The van der Waals surface area contributed by atoms with Gasteiger partial charge in [-0.15, -0.1) is 0 Å². The summed E-state index contributed by atoms with van der Waals surface area (Å²) in [7, 11) is 0. The van der Waals surface area contributed by atoms with Crippen molar-refractivity contribution in [2.75, 3.05) is 26.3 Å². The molecular formula is C16H28N2O4. The molecule has 1 rings (SSSR count). The lowest BCUT2D eigenvalue weighted by Gasteiger charge is -2.28. The fourth-order valence-corrected chi connectivity index (χ4v) is 2.68. The standard InChI is InChI=1S/C16H28N2O4/c1-2-15(19)21-8-3-4-9-22-16(20)18-12-14-7-5-6-13(10-14)11-17/h2,13-14H,1,3-12,17H2,(H,18,20). The molecule has 6 nitrogen and oxygen atoms in total. The van der Waals surface area contributed by atoms with Crippen LogP contribution < -0.4 is 11.1 Å². The van der Waals surface area contributed by atoms with E-state index in [1.807, 2.05) is 0 Å². The Hall–Kier alpha value is -1.56. The molecule has 0 heterocycles. The van der Waals surface area contributed by atoms with Crippen LogP contribution in [-0.4, -0.2) is 38.4 Å². The van der Waals surface area contributed by atoms with Crippen LogP contribution >= 0.6 is 0 Å². The number of rotatable bonds is 9. The molecule has 6 heteroatoms. The molecule has 2 atom stereocenters. The number of nitrogens with one attached hydrogen (secondary N) is 1. The second-order valence-corrected chi connectivity index (χ2v) is 5.73. The summed E-state index contributed by atoms with van der Waals surface area (Å²) in [6.07, 6.45) is 6.70. The van der Waals surface area contributed by atoms with Crippen molar-refractivity contribution in [3.05, 3.63) is 12.7 Å². The van der Waals surface area contributed by atoms with Crippen molar-refractivity contribution in [1.29, 1.82) is 0 Å². The van der Waals surface area contributed by atoms with Gasteiger partial charge in [-0.05, 0) is 50.5 Å². The van der Waals surface area contributed by atoms with Gasteiger partial charge in [0.15, 0.2) is 0 Å². The number of esters is 1. The summed E-state index contributed by atoms with van der Waals surface area (Å²) in [5.74, 6) is 0.671. The van der Waals surface area contributed by atoms with Crippen molar-refractivity contribution in [1.82, 2.24) is 5.32 Å². The zero-order valence-corrected chi connectivity index (χ0v) is 13.2. The van der Waals surface area contributed by atoms with Gasteiger partial charge in [0.25, 0.3) is 0 Å². The lowest BCUT2D eigenvalue weighted by molar-refractivity contribution is -0.137. The van der Waals surface area contributed by atoms with Gasteiger partial charge in [0.05, 0.1) is 13.2 Å². The summed E-state index contributed by atoms with van der Waals surface area (Å²) < 4.78 is 9.91. The molecule has 3 N–H and O–H groups in total. The first kappa shape index (κ1) is 18.5. The van der Waals surface area contributed by atoms with Gasteiger partial charge in [-0.25, -0.2) is 9.59 Å². The van der Waals surface area contributed by atoms with E-state index in [-0.39, 0.29) is 6.09 Å². The molecule has 0 saturated heterocycles. The first-order valence-electron chi connectivity index (χ1n) is 8.05. The number of unbranched alkanes of at least 4 members (excludes halogenated alkanes) is 1. The maximum Gasteiger partial charge on any atom is 0.407 e. The number of alkyl carbamates (subject to hydrolysis) is 1. The Bertz CT molecular complexity index is 360. The van der Waals surface area contributed by atoms with E-state index in [1.54, 1.807) is 0 Å². The lowest BCUT2D eigenvalue weighted by Crippen LogP contribution is -2.33. The van der Waals surface area contributed by atoms with Crippen LogP contribution in [0.4, 0.5) is 4.79 Å². The summed E-state index contributed by atoms with van der Waals surface area (Å²) in [6.45, 7) is 5.35. The van der Waals surface area contributed by atoms with Gasteiger partial charge in [0, 0.05) is 12.6 Å². The van der Waals surface area contributed by atoms with Gasteiger partial charge >= 0.3 is 12.1 Å². The number of carbonyl (C=O) groups is 2. The maximum atomic E-state index is 11.6. The van der Waals surface area contributed by atoms with Crippen LogP contribution in [0.5, 0.6) is 0 Å². The van der Waals surface area contributed by atoms with Gasteiger partial charge in [-0.3, -0.25) is 0 Å². The highest BCUT2D eigenvalue weighted by molar-refractivity contribution is 5.81. The average molecular weight is 312 g/mol. The molecule has 0 aromatic rings. The molecule has 1 amide bonds. The minimum absolute atomic E-state index is 0.318. The topological polar surface area (TPSA) is 90.6 Å². The normalized spacial score (nSPS) is 21.0. The third kappa shape index (κ3) is 8.02. The van der Waals surface area contributed by atoms with Crippen molar-refractivity contribution < 1.29 is 19.1 Å². The summed E-state index contributed by atoms with van der Waals surface area (Å²) >= 11 is 0. The van der Waals surface area contributed by atoms with E-state index in [4.69, 9.17) is 15.2 Å². The molecule has 22 heavy (non-hydrogen) atoms. The first-order valence-corrected chi connectivity index (χ1v) is 8.05. The van der Waals surface area contributed by atoms with Gasteiger partial charge in [0.2, 0.25) is 0 Å². The summed E-state index contributed by atoms with van der Waals surface area (Å²) in [5, 5.41) is 2.81. The highest BCUT2D eigenvalue weighted by atomic mass is 16.5. The van der Waals surface area contributed by atoms with Crippen LogP contribution in [0.2, 0.25) is 0 Å². The van der Waals surface area contributed by atoms with Crippen LogP contribution in [0.15, 0.2) is 12.7 Å². The highest BCUT2D eigenvalue weighted by Gasteiger charge is 2.21. The number of hydrogen-bond acceptors (Lipinski definition) is 5. The van der Waals surface area contributed by atoms with Gasteiger partial charge in [-0.2, -0.15) is 0 Å². The van der Waals surface area contributed by atoms with Crippen molar-refractivity contribution in [3.63, 3.8) is 0 Å². The number of amides is 1. The predicted octanol–water partition coefficient (Wildman–Crippen LogP) is 1.99. The van der Waals surface area contributed by atoms with Crippen LogP contribution in [0, 0.1) is 11.8 Å². The van der Waals surface area contributed by atoms with E-state index in [9.17, 15) is 9.59 Å². The van der Waals surface area contributed by atoms with E-state index >= 15 is 0 Å². The lowest BCUT2D eigenvalue weighted by atomic mass is 9.81. The summed E-state index contributed by atoms with van der Waals surface area (Å²) in [6, 6.07) is 0. The van der Waals surface area contributed by atoms with E-state index in [1.165, 1.54) is 12.8 Å². The predicted molar refractivity (Wildman–Crippen MR) is 84.2 cm³/mol. The first-order chi connectivity index (χ1) is 10.7. The number of carbonyl (C=O) groups excluding carboxylic acids is 2. The van der Waals surface area contributed by atoms with Crippen LogP contribution in [0.1, 0.15) is 38.5 Å². The third-order valence-electron chi connectivity index (χ3n) is 3.94. The van der Waals surface area contributed by atoms with Gasteiger partial charge < -0.3 is 20.5 Å². The highest BCUT2D eigenvalue weighted by Crippen LogP contribution is 2.27. The van der Waals surface area contributed by atoms with Gasteiger partial charge in [-0.1, -0.05) is 13.0 Å². The molecule has 1 aliphatic carbocycles. The Balaban J connectivity index is 1.99. The Kier molecular flexibility index (Phi) is 9.30. The zero-order chi connectivity index (χ0) is 16.2. The van der Waals surface area contributed by atoms with Crippen molar-refractivity contribution in [2.24, 2.45) is 17.6 Å². The van der Waals surface area contributed by atoms with E-state index in [0.29, 0.717) is 44.4 Å². The summed E-state index contributed by atoms with van der Waals surface area (Å²) in [5.41, 5.74) is 5.71. The molecule has 0 bridgehead atoms. The quantitative estimate of drug-likeness (QED) is 0.386. The van der Waals surface area contributed by atoms with Gasteiger partial charge in [0.1, 0.15) is 0 Å².